The van der Waals surface area contributed by atoms with Gasteiger partial charge in [0.15, 0.2) is 0 Å². The van der Waals surface area contributed by atoms with Crippen molar-refractivity contribution in [2.75, 3.05) is 6.61 Å². The van der Waals surface area contributed by atoms with Crippen LogP contribution in [0.25, 0.3) is 0 Å². The van der Waals surface area contributed by atoms with Gasteiger partial charge in [-0.05, 0) is 24.6 Å². The maximum absolute atomic E-state index is 13.6. The first-order valence-corrected chi connectivity index (χ1v) is 7.30. The molecule has 5 heteroatoms. The van der Waals surface area contributed by atoms with E-state index in [0.29, 0.717) is 10.6 Å². The Morgan fingerprint density at radius 3 is 2.64 bits per heavy atom. The molecule has 0 unspecified atom stereocenters. The molecule has 3 nitrogen and oxygen atoms in total. The van der Waals surface area contributed by atoms with Gasteiger partial charge >= 0.3 is 0 Å². The number of carbonyl (C=O) groups is 1. The molecule has 0 spiro atoms. The van der Waals surface area contributed by atoms with Crippen molar-refractivity contribution < 1.29 is 13.9 Å². The Morgan fingerprint density at radius 1 is 1.23 bits per heavy atom. The Morgan fingerprint density at radius 2 is 1.91 bits per heavy atom. The summed E-state index contributed by atoms with van der Waals surface area (Å²) < 4.78 is 19.0. The predicted molar refractivity (Wildman–Crippen MR) is 84.1 cm³/mol. The fraction of sp³-hybridized carbons (Fsp3) is 0.235. The summed E-state index contributed by atoms with van der Waals surface area (Å²) in [5.41, 5.74) is 1.26. The van der Waals surface area contributed by atoms with Gasteiger partial charge in [0, 0.05) is 10.6 Å². The largest absolute Gasteiger partial charge is 0.367 e. The lowest BCUT2D eigenvalue weighted by Crippen LogP contribution is -2.30. The molecule has 0 aliphatic heterocycles. The van der Waals surface area contributed by atoms with Crippen LogP contribution < -0.4 is 5.32 Å². The molecule has 0 aromatic heterocycles. The molecule has 1 atom stereocenters. The first kappa shape index (κ1) is 16.5. The smallest absolute Gasteiger partial charge is 0.246 e. The second-order valence-electron chi connectivity index (χ2n) is 4.89. The SMILES string of the molecule is C[C@@H](NC(=O)COCc1ccccc1Cl)c1ccccc1F. The number of hydrogen-bond acceptors (Lipinski definition) is 2. The highest BCUT2D eigenvalue weighted by molar-refractivity contribution is 6.31. The number of ether oxygens (including phenoxy) is 1. The van der Waals surface area contributed by atoms with E-state index in [4.69, 9.17) is 16.3 Å². The monoisotopic (exact) mass is 321 g/mol. The van der Waals surface area contributed by atoms with Crippen LogP contribution in [0.4, 0.5) is 4.39 Å². The Kier molecular flexibility index (Phi) is 5.92. The fourth-order valence-corrected chi connectivity index (χ4v) is 2.25. The van der Waals surface area contributed by atoms with Gasteiger partial charge in [-0.1, -0.05) is 48.0 Å². The van der Waals surface area contributed by atoms with Crippen molar-refractivity contribution in [2.24, 2.45) is 0 Å². The zero-order chi connectivity index (χ0) is 15.9. The summed E-state index contributed by atoms with van der Waals surface area (Å²) >= 11 is 6.00. The van der Waals surface area contributed by atoms with Crippen LogP contribution >= 0.6 is 11.6 Å². The van der Waals surface area contributed by atoms with Gasteiger partial charge in [0.2, 0.25) is 5.91 Å². The third-order valence-electron chi connectivity index (χ3n) is 3.20. The fourth-order valence-electron chi connectivity index (χ4n) is 2.06. The van der Waals surface area contributed by atoms with Crippen LogP contribution in [0.1, 0.15) is 24.1 Å². The van der Waals surface area contributed by atoms with Crippen molar-refractivity contribution >= 4 is 17.5 Å². The number of carbonyl (C=O) groups excluding carboxylic acids is 1. The Labute approximate surface area is 134 Å². The van der Waals surface area contributed by atoms with Crippen molar-refractivity contribution in [1.29, 1.82) is 0 Å². The summed E-state index contributed by atoms with van der Waals surface area (Å²) in [5.74, 6) is -0.643. The van der Waals surface area contributed by atoms with Gasteiger partial charge in [0.25, 0.3) is 0 Å². The first-order valence-electron chi connectivity index (χ1n) is 6.93. The van der Waals surface area contributed by atoms with E-state index >= 15 is 0 Å². The van der Waals surface area contributed by atoms with Crippen LogP contribution in [0.15, 0.2) is 48.5 Å². The highest BCUT2D eigenvalue weighted by Gasteiger charge is 2.13. The summed E-state index contributed by atoms with van der Waals surface area (Å²) in [7, 11) is 0. The van der Waals surface area contributed by atoms with E-state index in [1.807, 2.05) is 18.2 Å². The highest BCUT2D eigenvalue weighted by atomic mass is 35.5. The molecule has 0 saturated heterocycles. The Balaban J connectivity index is 1.81. The standard InChI is InChI=1S/C17H17ClFNO2/c1-12(14-7-3-5-9-16(14)19)20-17(21)11-22-10-13-6-2-4-8-15(13)18/h2-9,12H,10-11H2,1H3,(H,20,21)/t12-/m1/s1. The third-order valence-corrected chi connectivity index (χ3v) is 3.57. The lowest BCUT2D eigenvalue weighted by molar-refractivity contribution is -0.126. The van der Waals surface area contributed by atoms with E-state index in [9.17, 15) is 9.18 Å². The lowest BCUT2D eigenvalue weighted by Gasteiger charge is -2.15. The highest BCUT2D eigenvalue weighted by Crippen LogP contribution is 2.17. The lowest BCUT2D eigenvalue weighted by atomic mass is 10.1. The molecule has 1 N–H and O–H groups in total. The van der Waals surface area contributed by atoms with Gasteiger partial charge in [-0.2, -0.15) is 0 Å². The second-order valence-corrected chi connectivity index (χ2v) is 5.30. The molecule has 1 amide bonds. The number of benzene rings is 2. The molecule has 0 heterocycles. The topological polar surface area (TPSA) is 38.3 Å². The molecule has 2 rings (SSSR count). The Hall–Kier alpha value is -1.91. The van der Waals surface area contributed by atoms with Crippen LogP contribution in [0.2, 0.25) is 5.02 Å². The zero-order valence-electron chi connectivity index (χ0n) is 12.2. The van der Waals surface area contributed by atoms with Crippen molar-refractivity contribution in [3.63, 3.8) is 0 Å². The van der Waals surface area contributed by atoms with Crippen LogP contribution in [0.5, 0.6) is 0 Å². The summed E-state index contributed by atoms with van der Waals surface area (Å²) in [5, 5.41) is 3.30. The van der Waals surface area contributed by atoms with Gasteiger partial charge in [-0.3, -0.25) is 4.79 Å². The number of halogens is 2. The van der Waals surface area contributed by atoms with Crippen LogP contribution in [0.3, 0.4) is 0 Å². The van der Waals surface area contributed by atoms with Crippen molar-refractivity contribution in [1.82, 2.24) is 5.32 Å². The molecule has 0 radical (unpaired) electrons. The van der Waals surface area contributed by atoms with Gasteiger partial charge in [0.1, 0.15) is 12.4 Å². The molecule has 0 fully saturated rings. The summed E-state index contributed by atoms with van der Waals surface area (Å²) in [6.45, 7) is 1.87. The van der Waals surface area contributed by atoms with Crippen LogP contribution in [-0.4, -0.2) is 12.5 Å². The van der Waals surface area contributed by atoms with Gasteiger partial charge in [0.05, 0.1) is 12.6 Å². The minimum Gasteiger partial charge on any atom is -0.367 e. The minimum absolute atomic E-state index is 0.107. The maximum Gasteiger partial charge on any atom is 0.246 e. The van der Waals surface area contributed by atoms with Crippen LogP contribution in [0, 0.1) is 5.82 Å². The molecule has 0 saturated carbocycles. The van der Waals surface area contributed by atoms with E-state index in [2.05, 4.69) is 5.32 Å². The molecule has 0 aliphatic rings. The van der Waals surface area contributed by atoms with Gasteiger partial charge in [-0.25, -0.2) is 4.39 Å². The molecule has 22 heavy (non-hydrogen) atoms. The van der Waals surface area contributed by atoms with E-state index in [0.717, 1.165) is 5.56 Å². The quantitative estimate of drug-likeness (QED) is 0.877. The second kappa shape index (κ2) is 7.92. The summed E-state index contributed by atoms with van der Waals surface area (Å²) in [6.07, 6.45) is 0. The predicted octanol–water partition coefficient (Wildman–Crippen LogP) is 3.87. The number of hydrogen-bond donors (Lipinski definition) is 1. The molecule has 0 aliphatic carbocycles. The van der Waals surface area contributed by atoms with Crippen molar-refractivity contribution in [3.8, 4) is 0 Å². The van der Waals surface area contributed by atoms with E-state index in [1.165, 1.54) is 6.07 Å². The average Bonchev–Trinajstić information content (AvgIpc) is 2.49. The minimum atomic E-state index is -0.419. The van der Waals surface area contributed by atoms with Crippen molar-refractivity contribution in [3.05, 3.63) is 70.5 Å². The van der Waals surface area contributed by atoms with E-state index in [-0.39, 0.29) is 24.9 Å². The number of nitrogens with one attached hydrogen (secondary N) is 1. The molecular formula is C17H17ClFNO2. The zero-order valence-corrected chi connectivity index (χ0v) is 12.9. The van der Waals surface area contributed by atoms with Gasteiger partial charge < -0.3 is 10.1 Å². The van der Waals surface area contributed by atoms with E-state index < -0.39 is 6.04 Å². The molecule has 2 aromatic carbocycles. The van der Waals surface area contributed by atoms with Gasteiger partial charge in [-0.15, -0.1) is 0 Å². The van der Waals surface area contributed by atoms with Crippen LogP contribution in [-0.2, 0) is 16.1 Å². The maximum atomic E-state index is 13.6. The third kappa shape index (κ3) is 4.55. The molecule has 116 valence electrons. The average molecular weight is 322 g/mol. The number of rotatable bonds is 6. The van der Waals surface area contributed by atoms with Crippen molar-refractivity contribution in [2.45, 2.75) is 19.6 Å². The normalized spacial score (nSPS) is 12.0. The van der Waals surface area contributed by atoms with E-state index in [1.54, 1.807) is 31.2 Å². The molecular weight excluding hydrogens is 305 g/mol. The molecule has 2 aromatic rings. The summed E-state index contributed by atoms with van der Waals surface area (Å²) in [6, 6.07) is 13.2. The number of amides is 1. The first-order chi connectivity index (χ1) is 10.6. The summed E-state index contributed by atoms with van der Waals surface area (Å²) in [4.78, 5) is 11.8. The molecule has 0 bridgehead atoms. The Bertz CT molecular complexity index is 648.